The first-order valence-electron chi connectivity index (χ1n) is 7.53. The minimum Gasteiger partial charge on any atom is -0.215 e. The molecular formula is C18H13FN4S2. The third-order valence-corrected chi connectivity index (χ3v) is 5.14. The number of fused-ring (bicyclic) bond motifs is 1. The summed E-state index contributed by atoms with van der Waals surface area (Å²) in [4.78, 5) is 10.2. The highest BCUT2D eigenvalue weighted by molar-refractivity contribution is 7.99. The van der Waals surface area contributed by atoms with Crippen LogP contribution in [0.25, 0.3) is 16.7 Å². The van der Waals surface area contributed by atoms with E-state index in [2.05, 4.69) is 15.1 Å². The molecule has 0 saturated heterocycles. The molecule has 7 heteroatoms. The number of aromatic nitrogens is 4. The Kier molecular flexibility index (Phi) is 4.42. The second kappa shape index (κ2) is 6.85. The first-order chi connectivity index (χ1) is 12.2. The molecule has 0 fully saturated rings. The van der Waals surface area contributed by atoms with Gasteiger partial charge in [0.2, 0.25) is 0 Å². The van der Waals surface area contributed by atoms with Gasteiger partial charge in [-0.3, -0.25) is 0 Å². The molecule has 0 saturated carbocycles. The molecule has 124 valence electrons. The van der Waals surface area contributed by atoms with Crippen molar-refractivity contribution in [3.63, 3.8) is 0 Å². The number of hydrogen-bond donors (Lipinski definition) is 0. The molecule has 4 nitrogen and oxygen atoms in total. The Morgan fingerprint density at radius 2 is 1.72 bits per heavy atom. The van der Waals surface area contributed by atoms with E-state index < -0.39 is 0 Å². The van der Waals surface area contributed by atoms with Crippen molar-refractivity contribution in [2.24, 2.45) is 0 Å². The van der Waals surface area contributed by atoms with Crippen LogP contribution < -0.4 is 0 Å². The molecule has 2 aromatic heterocycles. The third kappa shape index (κ3) is 3.25. The minimum atomic E-state index is -0.251. The monoisotopic (exact) mass is 368 g/mol. The summed E-state index contributed by atoms with van der Waals surface area (Å²) in [5.41, 5.74) is 1.70. The molecule has 2 heterocycles. The van der Waals surface area contributed by atoms with Crippen LogP contribution in [0.15, 0.2) is 75.9 Å². The molecule has 0 N–H and O–H groups in total. The quantitative estimate of drug-likeness (QED) is 0.293. The van der Waals surface area contributed by atoms with Gasteiger partial charge in [0.25, 0.3) is 0 Å². The molecule has 0 bridgehead atoms. The summed E-state index contributed by atoms with van der Waals surface area (Å²) in [5.74, 6) is -0.251. The highest BCUT2D eigenvalue weighted by Gasteiger charge is 2.15. The van der Waals surface area contributed by atoms with Crippen LogP contribution in [0.4, 0.5) is 4.39 Å². The van der Waals surface area contributed by atoms with Gasteiger partial charge in [0.1, 0.15) is 10.8 Å². The fourth-order valence-electron chi connectivity index (χ4n) is 2.40. The van der Waals surface area contributed by atoms with Crippen LogP contribution in [0.3, 0.4) is 0 Å². The Hall–Kier alpha value is -2.38. The van der Waals surface area contributed by atoms with Crippen molar-refractivity contribution in [2.45, 2.75) is 15.1 Å². The molecule has 0 aliphatic heterocycles. The van der Waals surface area contributed by atoms with E-state index in [4.69, 9.17) is 0 Å². The van der Waals surface area contributed by atoms with Crippen LogP contribution in [0.1, 0.15) is 0 Å². The average Bonchev–Trinajstić information content (AvgIpc) is 3.08. The van der Waals surface area contributed by atoms with Crippen LogP contribution in [0.2, 0.25) is 0 Å². The van der Waals surface area contributed by atoms with Crippen molar-refractivity contribution in [1.82, 2.24) is 19.7 Å². The lowest BCUT2D eigenvalue weighted by Gasteiger charge is -2.06. The number of rotatable bonds is 4. The summed E-state index contributed by atoms with van der Waals surface area (Å²) >= 11 is 2.96. The topological polar surface area (TPSA) is 43.6 Å². The molecule has 25 heavy (non-hydrogen) atoms. The van der Waals surface area contributed by atoms with Crippen molar-refractivity contribution in [2.75, 3.05) is 6.26 Å². The standard InChI is InChI=1S/C18H13FN4S2/c1-24-18-21-16-15(11-20-23(16)13-5-3-2-4-6-13)17(22-18)25-14-9-7-12(19)8-10-14/h2-11H,1H3. The van der Waals surface area contributed by atoms with E-state index in [0.29, 0.717) is 5.16 Å². The molecule has 0 aliphatic rings. The maximum atomic E-state index is 13.1. The predicted octanol–water partition coefficient (Wildman–Crippen LogP) is 4.83. The van der Waals surface area contributed by atoms with E-state index in [0.717, 1.165) is 26.6 Å². The highest BCUT2D eigenvalue weighted by Crippen LogP contribution is 2.33. The predicted molar refractivity (Wildman–Crippen MR) is 99.0 cm³/mol. The Morgan fingerprint density at radius 1 is 0.960 bits per heavy atom. The van der Waals surface area contributed by atoms with Crippen LogP contribution in [-0.4, -0.2) is 26.0 Å². The summed E-state index contributed by atoms with van der Waals surface area (Å²) in [5, 5.41) is 6.84. The fraction of sp³-hybridized carbons (Fsp3) is 0.0556. The third-order valence-electron chi connectivity index (χ3n) is 3.58. The first-order valence-corrected chi connectivity index (χ1v) is 9.57. The van der Waals surface area contributed by atoms with Crippen molar-refractivity contribution in [1.29, 1.82) is 0 Å². The van der Waals surface area contributed by atoms with Gasteiger partial charge in [0.15, 0.2) is 10.8 Å². The molecule has 0 spiro atoms. The summed E-state index contributed by atoms with van der Waals surface area (Å²) in [6, 6.07) is 16.3. The second-order valence-corrected chi connectivity index (χ2v) is 7.04. The molecule has 0 atom stereocenters. The zero-order chi connectivity index (χ0) is 17.2. The highest BCUT2D eigenvalue weighted by atomic mass is 32.2. The SMILES string of the molecule is CSc1nc(Sc2ccc(F)cc2)c2cnn(-c3ccccc3)c2n1. The number of halogens is 1. The summed E-state index contributed by atoms with van der Waals surface area (Å²) in [7, 11) is 0. The normalized spacial score (nSPS) is 11.1. The lowest BCUT2D eigenvalue weighted by molar-refractivity contribution is 0.626. The van der Waals surface area contributed by atoms with Crippen molar-refractivity contribution in [3.8, 4) is 5.69 Å². The van der Waals surface area contributed by atoms with Gasteiger partial charge in [-0.15, -0.1) is 0 Å². The van der Waals surface area contributed by atoms with Crippen molar-refractivity contribution in [3.05, 3.63) is 66.6 Å². The van der Waals surface area contributed by atoms with Gasteiger partial charge in [-0.25, -0.2) is 19.0 Å². The number of thioether (sulfide) groups is 1. The molecule has 2 aromatic carbocycles. The van der Waals surface area contributed by atoms with Crippen LogP contribution in [0, 0.1) is 5.82 Å². The lowest BCUT2D eigenvalue weighted by atomic mass is 10.3. The smallest absolute Gasteiger partial charge is 0.190 e. The van der Waals surface area contributed by atoms with Gasteiger partial charge in [-0.1, -0.05) is 41.7 Å². The Morgan fingerprint density at radius 3 is 2.44 bits per heavy atom. The maximum Gasteiger partial charge on any atom is 0.190 e. The van der Waals surface area contributed by atoms with Gasteiger partial charge >= 0.3 is 0 Å². The number of hydrogen-bond acceptors (Lipinski definition) is 5. The van der Waals surface area contributed by atoms with Gasteiger partial charge in [0.05, 0.1) is 17.3 Å². The molecule has 4 rings (SSSR count). The summed E-state index contributed by atoms with van der Waals surface area (Å²) in [6.07, 6.45) is 3.72. The number of nitrogens with zero attached hydrogens (tertiary/aromatic N) is 4. The molecular weight excluding hydrogens is 355 g/mol. The van der Waals surface area contributed by atoms with E-state index >= 15 is 0 Å². The zero-order valence-corrected chi connectivity index (χ0v) is 14.9. The van der Waals surface area contributed by atoms with E-state index in [1.165, 1.54) is 35.7 Å². The number of benzene rings is 2. The number of para-hydroxylation sites is 1. The van der Waals surface area contributed by atoms with E-state index in [9.17, 15) is 4.39 Å². The van der Waals surface area contributed by atoms with Crippen LogP contribution >= 0.6 is 23.5 Å². The largest absolute Gasteiger partial charge is 0.215 e. The maximum absolute atomic E-state index is 13.1. The van der Waals surface area contributed by atoms with Gasteiger partial charge in [-0.2, -0.15) is 5.10 Å². The Labute approximate surface area is 152 Å². The first kappa shape index (κ1) is 16.1. The molecule has 0 amide bonds. The lowest BCUT2D eigenvalue weighted by Crippen LogP contribution is -1.99. The van der Waals surface area contributed by atoms with Gasteiger partial charge in [0, 0.05) is 4.90 Å². The second-order valence-electron chi connectivity index (χ2n) is 5.20. The summed E-state index contributed by atoms with van der Waals surface area (Å²) < 4.78 is 14.9. The van der Waals surface area contributed by atoms with Crippen molar-refractivity contribution >= 4 is 34.6 Å². The zero-order valence-electron chi connectivity index (χ0n) is 13.3. The average molecular weight is 368 g/mol. The van der Waals surface area contributed by atoms with Crippen LogP contribution in [-0.2, 0) is 0 Å². The van der Waals surface area contributed by atoms with Gasteiger partial charge < -0.3 is 0 Å². The molecule has 0 unspecified atom stereocenters. The Balaban J connectivity index is 1.84. The van der Waals surface area contributed by atoms with Crippen molar-refractivity contribution < 1.29 is 4.39 Å². The molecule has 4 aromatic rings. The molecule has 0 aliphatic carbocycles. The van der Waals surface area contributed by atoms with Gasteiger partial charge in [-0.05, 0) is 42.7 Å². The molecule has 0 radical (unpaired) electrons. The fourth-order valence-corrected chi connectivity index (χ4v) is 3.70. The van der Waals surface area contributed by atoms with E-state index in [1.54, 1.807) is 18.3 Å². The van der Waals surface area contributed by atoms with E-state index in [1.807, 2.05) is 41.3 Å². The van der Waals surface area contributed by atoms with Crippen LogP contribution in [0.5, 0.6) is 0 Å². The van der Waals surface area contributed by atoms with E-state index in [-0.39, 0.29) is 5.82 Å². The summed E-state index contributed by atoms with van der Waals surface area (Å²) in [6.45, 7) is 0. The Bertz CT molecular complexity index is 1020. The minimum absolute atomic E-state index is 0.251.